The van der Waals surface area contributed by atoms with Crippen LogP contribution in [0.1, 0.15) is 27.2 Å². The van der Waals surface area contributed by atoms with Gasteiger partial charge in [0.1, 0.15) is 6.54 Å². The first-order valence-corrected chi connectivity index (χ1v) is 5.97. The first-order chi connectivity index (χ1) is 7.92. The molecule has 1 aliphatic rings. The molecule has 0 spiro atoms. The van der Waals surface area contributed by atoms with E-state index < -0.39 is 0 Å². The second-order valence-corrected chi connectivity index (χ2v) is 5.06. The fraction of sp³-hybridized carbons (Fsp3) is 0.692. The Morgan fingerprint density at radius 1 is 1.53 bits per heavy atom. The molecule has 0 N–H and O–H groups in total. The van der Waals surface area contributed by atoms with E-state index in [0.717, 1.165) is 6.42 Å². The molecule has 4 nitrogen and oxygen atoms in total. The van der Waals surface area contributed by atoms with E-state index in [1.807, 2.05) is 0 Å². The molecule has 0 heterocycles. The van der Waals surface area contributed by atoms with Crippen LogP contribution in [0.2, 0.25) is 0 Å². The SMILES string of the molecule is C=CCN(CC(=O)OCC)C(=O)C1CC1(C)C. The molecular formula is C13H21NO3. The van der Waals surface area contributed by atoms with Crippen LogP contribution in [-0.4, -0.2) is 36.5 Å². The van der Waals surface area contributed by atoms with E-state index in [0.29, 0.717) is 13.2 Å². The van der Waals surface area contributed by atoms with Crippen LogP contribution in [-0.2, 0) is 14.3 Å². The van der Waals surface area contributed by atoms with Gasteiger partial charge in [-0.1, -0.05) is 19.9 Å². The molecule has 1 unspecified atom stereocenters. The molecule has 1 aliphatic carbocycles. The number of hydrogen-bond donors (Lipinski definition) is 0. The van der Waals surface area contributed by atoms with Gasteiger partial charge in [0.15, 0.2) is 0 Å². The van der Waals surface area contributed by atoms with E-state index in [4.69, 9.17) is 4.74 Å². The molecule has 17 heavy (non-hydrogen) atoms. The van der Waals surface area contributed by atoms with Crippen LogP contribution >= 0.6 is 0 Å². The fourth-order valence-corrected chi connectivity index (χ4v) is 1.86. The Balaban J connectivity index is 2.56. The lowest BCUT2D eigenvalue weighted by Crippen LogP contribution is -2.38. The zero-order valence-corrected chi connectivity index (χ0v) is 10.9. The summed E-state index contributed by atoms with van der Waals surface area (Å²) in [6.07, 6.45) is 2.52. The molecular weight excluding hydrogens is 218 g/mol. The summed E-state index contributed by atoms with van der Waals surface area (Å²) in [6, 6.07) is 0. The monoisotopic (exact) mass is 239 g/mol. The summed E-state index contributed by atoms with van der Waals surface area (Å²) in [6.45, 7) is 10.2. The second kappa shape index (κ2) is 5.34. The van der Waals surface area contributed by atoms with Crippen molar-refractivity contribution in [1.82, 2.24) is 4.90 Å². The van der Waals surface area contributed by atoms with Crippen LogP contribution in [0, 0.1) is 11.3 Å². The van der Waals surface area contributed by atoms with Gasteiger partial charge in [-0.05, 0) is 18.8 Å². The first kappa shape index (κ1) is 13.7. The maximum absolute atomic E-state index is 12.1. The van der Waals surface area contributed by atoms with Crippen LogP contribution in [0.15, 0.2) is 12.7 Å². The zero-order valence-electron chi connectivity index (χ0n) is 10.9. The highest BCUT2D eigenvalue weighted by molar-refractivity contribution is 5.86. The maximum atomic E-state index is 12.1. The molecule has 1 amide bonds. The Bertz CT molecular complexity index is 323. The number of rotatable bonds is 6. The number of carbonyl (C=O) groups is 2. The minimum atomic E-state index is -0.360. The smallest absolute Gasteiger partial charge is 0.325 e. The Kier molecular flexibility index (Phi) is 4.32. The van der Waals surface area contributed by atoms with Crippen LogP contribution in [0.5, 0.6) is 0 Å². The lowest BCUT2D eigenvalue weighted by Gasteiger charge is -2.20. The average Bonchev–Trinajstić information content (AvgIpc) is 2.86. The van der Waals surface area contributed by atoms with Crippen molar-refractivity contribution in [3.8, 4) is 0 Å². The van der Waals surface area contributed by atoms with Gasteiger partial charge in [-0.15, -0.1) is 6.58 Å². The maximum Gasteiger partial charge on any atom is 0.325 e. The molecule has 1 fully saturated rings. The van der Waals surface area contributed by atoms with Crippen molar-refractivity contribution >= 4 is 11.9 Å². The summed E-state index contributed by atoms with van der Waals surface area (Å²) < 4.78 is 4.85. The highest BCUT2D eigenvalue weighted by Crippen LogP contribution is 2.52. The largest absolute Gasteiger partial charge is 0.465 e. The Morgan fingerprint density at radius 2 is 2.12 bits per heavy atom. The average molecular weight is 239 g/mol. The standard InChI is InChI=1S/C13H21NO3/c1-5-7-14(9-11(15)17-6-2)12(16)10-8-13(10,3)4/h5,10H,1,6-9H2,2-4H3. The van der Waals surface area contributed by atoms with E-state index in [1.54, 1.807) is 13.0 Å². The van der Waals surface area contributed by atoms with Crippen LogP contribution in [0.25, 0.3) is 0 Å². The third kappa shape index (κ3) is 3.58. The van der Waals surface area contributed by atoms with Gasteiger partial charge in [0.2, 0.25) is 5.91 Å². The van der Waals surface area contributed by atoms with E-state index >= 15 is 0 Å². The third-order valence-corrected chi connectivity index (χ3v) is 3.10. The molecule has 96 valence electrons. The van der Waals surface area contributed by atoms with E-state index in [-0.39, 0.29) is 29.8 Å². The predicted octanol–water partition coefficient (Wildman–Crippen LogP) is 1.61. The van der Waals surface area contributed by atoms with Crippen molar-refractivity contribution in [2.45, 2.75) is 27.2 Å². The van der Waals surface area contributed by atoms with Crippen molar-refractivity contribution < 1.29 is 14.3 Å². The zero-order chi connectivity index (χ0) is 13.1. The highest BCUT2D eigenvalue weighted by Gasteiger charge is 2.51. The molecule has 0 aromatic rings. The highest BCUT2D eigenvalue weighted by atomic mass is 16.5. The normalized spacial score (nSPS) is 20.5. The van der Waals surface area contributed by atoms with Gasteiger partial charge >= 0.3 is 5.97 Å². The summed E-state index contributed by atoms with van der Waals surface area (Å²) in [7, 11) is 0. The Morgan fingerprint density at radius 3 is 2.53 bits per heavy atom. The topological polar surface area (TPSA) is 46.6 Å². The summed E-state index contributed by atoms with van der Waals surface area (Å²) >= 11 is 0. The number of amides is 1. The molecule has 0 saturated heterocycles. The molecule has 0 aromatic heterocycles. The molecule has 4 heteroatoms. The predicted molar refractivity (Wildman–Crippen MR) is 65.3 cm³/mol. The van der Waals surface area contributed by atoms with E-state index in [1.165, 1.54) is 4.90 Å². The summed E-state index contributed by atoms with van der Waals surface area (Å²) in [5.41, 5.74) is 0.0746. The van der Waals surface area contributed by atoms with Crippen molar-refractivity contribution in [2.24, 2.45) is 11.3 Å². The number of esters is 1. The van der Waals surface area contributed by atoms with Crippen molar-refractivity contribution in [3.63, 3.8) is 0 Å². The number of hydrogen-bond acceptors (Lipinski definition) is 3. The van der Waals surface area contributed by atoms with Crippen molar-refractivity contribution in [3.05, 3.63) is 12.7 Å². The molecule has 0 aromatic carbocycles. The third-order valence-electron chi connectivity index (χ3n) is 3.10. The van der Waals surface area contributed by atoms with Gasteiger partial charge in [0.05, 0.1) is 6.61 Å². The second-order valence-electron chi connectivity index (χ2n) is 5.06. The molecule has 1 atom stereocenters. The van der Waals surface area contributed by atoms with Crippen LogP contribution in [0.4, 0.5) is 0 Å². The summed E-state index contributed by atoms with van der Waals surface area (Å²) in [5.74, 6) is -0.291. The number of ether oxygens (including phenoxy) is 1. The lowest BCUT2D eigenvalue weighted by atomic mass is 10.1. The van der Waals surface area contributed by atoms with Gasteiger partial charge in [-0.2, -0.15) is 0 Å². The molecule has 0 aliphatic heterocycles. The quantitative estimate of drug-likeness (QED) is 0.522. The van der Waals surface area contributed by atoms with Gasteiger partial charge in [0.25, 0.3) is 0 Å². The number of nitrogens with zero attached hydrogens (tertiary/aromatic N) is 1. The Hall–Kier alpha value is -1.32. The van der Waals surface area contributed by atoms with E-state index in [9.17, 15) is 9.59 Å². The van der Waals surface area contributed by atoms with Gasteiger partial charge in [0, 0.05) is 12.5 Å². The summed E-state index contributed by atoms with van der Waals surface area (Å²) in [5, 5.41) is 0. The minimum Gasteiger partial charge on any atom is -0.465 e. The van der Waals surface area contributed by atoms with Crippen LogP contribution in [0.3, 0.4) is 0 Å². The minimum absolute atomic E-state index is 0.0191. The first-order valence-electron chi connectivity index (χ1n) is 5.97. The van der Waals surface area contributed by atoms with Gasteiger partial charge < -0.3 is 9.64 Å². The lowest BCUT2D eigenvalue weighted by molar-refractivity contribution is -0.149. The van der Waals surface area contributed by atoms with E-state index in [2.05, 4.69) is 20.4 Å². The van der Waals surface area contributed by atoms with Crippen molar-refractivity contribution in [2.75, 3.05) is 19.7 Å². The molecule has 1 rings (SSSR count). The fourth-order valence-electron chi connectivity index (χ4n) is 1.86. The van der Waals surface area contributed by atoms with Crippen LogP contribution < -0.4 is 0 Å². The molecule has 0 radical (unpaired) electrons. The summed E-state index contributed by atoms with van der Waals surface area (Å²) in [4.78, 5) is 25.0. The van der Waals surface area contributed by atoms with Gasteiger partial charge in [-0.25, -0.2) is 0 Å². The number of carbonyl (C=O) groups excluding carboxylic acids is 2. The molecule has 1 saturated carbocycles. The van der Waals surface area contributed by atoms with Crippen molar-refractivity contribution in [1.29, 1.82) is 0 Å². The van der Waals surface area contributed by atoms with Gasteiger partial charge in [-0.3, -0.25) is 9.59 Å². The Labute approximate surface area is 103 Å². The molecule has 0 bridgehead atoms.